The summed E-state index contributed by atoms with van der Waals surface area (Å²) in [4.78, 5) is 0. The predicted molar refractivity (Wildman–Crippen MR) is 41.1 cm³/mol. The van der Waals surface area contributed by atoms with E-state index >= 15 is 0 Å². The standard InChI is InChI=1S/C9H9FO2/c10-9(11-6-7-12-9)8-4-2-1-3-5-8/h1-5H,6-7H2. The average molecular weight is 168 g/mol. The molecule has 2 nitrogen and oxygen atoms in total. The lowest BCUT2D eigenvalue weighted by Gasteiger charge is -2.16. The van der Waals surface area contributed by atoms with Gasteiger partial charge in [0, 0.05) is 5.56 Å². The van der Waals surface area contributed by atoms with Gasteiger partial charge in [0.15, 0.2) is 0 Å². The second-order valence-electron chi connectivity index (χ2n) is 2.60. The predicted octanol–water partition coefficient (Wildman–Crippen LogP) is 1.81. The molecule has 0 aliphatic carbocycles. The van der Waals surface area contributed by atoms with Gasteiger partial charge in [0.1, 0.15) is 0 Å². The molecule has 1 fully saturated rings. The number of ether oxygens (including phenoxy) is 2. The van der Waals surface area contributed by atoms with Crippen LogP contribution in [-0.4, -0.2) is 13.2 Å². The molecule has 3 heteroatoms. The van der Waals surface area contributed by atoms with Gasteiger partial charge in [-0.25, -0.2) is 0 Å². The number of benzene rings is 1. The fraction of sp³-hybridized carbons (Fsp3) is 0.333. The van der Waals surface area contributed by atoms with Crippen molar-refractivity contribution in [2.75, 3.05) is 13.2 Å². The maximum absolute atomic E-state index is 13.6. The van der Waals surface area contributed by atoms with Crippen LogP contribution in [0.5, 0.6) is 0 Å². The lowest BCUT2D eigenvalue weighted by molar-refractivity contribution is -0.263. The molecular weight excluding hydrogens is 159 g/mol. The molecule has 1 aromatic rings. The lowest BCUT2D eigenvalue weighted by atomic mass is 10.2. The molecule has 12 heavy (non-hydrogen) atoms. The van der Waals surface area contributed by atoms with Gasteiger partial charge < -0.3 is 9.47 Å². The molecule has 0 bridgehead atoms. The van der Waals surface area contributed by atoms with Crippen molar-refractivity contribution in [3.8, 4) is 0 Å². The van der Waals surface area contributed by atoms with Crippen LogP contribution in [0.3, 0.4) is 0 Å². The topological polar surface area (TPSA) is 18.5 Å². The van der Waals surface area contributed by atoms with Crippen molar-refractivity contribution in [2.24, 2.45) is 0 Å². The SMILES string of the molecule is FC1(c2ccccc2)OCCO1. The Balaban J connectivity index is 2.29. The van der Waals surface area contributed by atoms with Crippen LogP contribution in [0, 0.1) is 0 Å². The van der Waals surface area contributed by atoms with Crippen LogP contribution in [0.2, 0.25) is 0 Å². The van der Waals surface area contributed by atoms with Crippen LogP contribution < -0.4 is 0 Å². The van der Waals surface area contributed by atoms with Crippen molar-refractivity contribution in [3.05, 3.63) is 35.9 Å². The van der Waals surface area contributed by atoms with Crippen molar-refractivity contribution in [1.82, 2.24) is 0 Å². The second-order valence-corrected chi connectivity index (χ2v) is 2.60. The molecule has 1 heterocycles. The summed E-state index contributed by atoms with van der Waals surface area (Å²) in [7, 11) is 0. The molecule has 0 saturated carbocycles. The van der Waals surface area contributed by atoms with Crippen molar-refractivity contribution >= 4 is 0 Å². The fourth-order valence-electron chi connectivity index (χ4n) is 1.19. The van der Waals surface area contributed by atoms with E-state index < -0.39 is 6.04 Å². The minimum absolute atomic E-state index is 0.311. The Labute approximate surface area is 69.9 Å². The van der Waals surface area contributed by atoms with E-state index in [4.69, 9.17) is 9.47 Å². The lowest BCUT2D eigenvalue weighted by Crippen LogP contribution is -2.20. The van der Waals surface area contributed by atoms with Gasteiger partial charge in [0.05, 0.1) is 13.2 Å². The molecule has 1 saturated heterocycles. The van der Waals surface area contributed by atoms with Crippen molar-refractivity contribution in [1.29, 1.82) is 0 Å². The summed E-state index contributed by atoms with van der Waals surface area (Å²) < 4.78 is 23.3. The summed E-state index contributed by atoms with van der Waals surface area (Å²) >= 11 is 0. The maximum Gasteiger partial charge on any atom is 0.348 e. The average Bonchev–Trinajstić information content (AvgIpc) is 2.55. The molecule has 2 rings (SSSR count). The molecule has 0 atom stereocenters. The Bertz CT molecular complexity index is 254. The first-order valence-electron chi connectivity index (χ1n) is 3.84. The number of halogens is 1. The monoisotopic (exact) mass is 168 g/mol. The van der Waals surface area contributed by atoms with Crippen molar-refractivity contribution in [3.63, 3.8) is 0 Å². The van der Waals surface area contributed by atoms with E-state index in [0.29, 0.717) is 18.8 Å². The van der Waals surface area contributed by atoms with E-state index in [1.54, 1.807) is 24.3 Å². The number of alkyl halides is 1. The van der Waals surface area contributed by atoms with E-state index in [9.17, 15) is 4.39 Å². The molecule has 1 aliphatic rings. The molecule has 64 valence electrons. The molecule has 1 aliphatic heterocycles. The van der Waals surface area contributed by atoms with E-state index in [1.165, 1.54) is 0 Å². The van der Waals surface area contributed by atoms with Crippen LogP contribution in [-0.2, 0) is 15.5 Å². The van der Waals surface area contributed by atoms with E-state index in [2.05, 4.69) is 0 Å². The van der Waals surface area contributed by atoms with Crippen molar-refractivity contribution < 1.29 is 13.9 Å². The highest BCUT2D eigenvalue weighted by Crippen LogP contribution is 2.32. The third-order valence-corrected chi connectivity index (χ3v) is 1.78. The number of hydrogen-bond donors (Lipinski definition) is 0. The van der Waals surface area contributed by atoms with Gasteiger partial charge in [-0.1, -0.05) is 30.3 Å². The summed E-state index contributed by atoms with van der Waals surface area (Å²) in [6.07, 6.45) is 0. The third kappa shape index (κ3) is 1.21. The molecule has 0 spiro atoms. The van der Waals surface area contributed by atoms with E-state index in [-0.39, 0.29) is 0 Å². The van der Waals surface area contributed by atoms with Crippen LogP contribution in [0.25, 0.3) is 0 Å². The first-order valence-corrected chi connectivity index (χ1v) is 3.84. The van der Waals surface area contributed by atoms with E-state index in [0.717, 1.165) is 0 Å². The summed E-state index contributed by atoms with van der Waals surface area (Å²) in [6, 6.07) is 6.60. The van der Waals surface area contributed by atoms with E-state index in [1.807, 2.05) is 6.07 Å². The van der Waals surface area contributed by atoms with Crippen molar-refractivity contribution in [2.45, 2.75) is 6.04 Å². The Kier molecular flexibility index (Phi) is 1.83. The number of hydrogen-bond acceptors (Lipinski definition) is 2. The quantitative estimate of drug-likeness (QED) is 0.636. The smallest absolute Gasteiger partial charge is 0.318 e. The third-order valence-electron chi connectivity index (χ3n) is 1.78. The van der Waals surface area contributed by atoms with Crippen LogP contribution in [0.4, 0.5) is 4.39 Å². The molecule has 0 aromatic heterocycles. The molecule has 0 unspecified atom stereocenters. The van der Waals surface area contributed by atoms with Gasteiger partial charge in [0.2, 0.25) is 0 Å². The van der Waals surface area contributed by atoms with Crippen LogP contribution in [0.15, 0.2) is 30.3 Å². The highest BCUT2D eigenvalue weighted by atomic mass is 19.2. The minimum Gasteiger partial charge on any atom is -0.318 e. The zero-order chi connectivity index (χ0) is 8.44. The molecule has 0 radical (unpaired) electrons. The Morgan fingerprint density at radius 2 is 1.67 bits per heavy atom. The van der Waals surface area contributed by atoms with Gasteiger partial charge >= 0.3 is 6.04 Å². The Morgan fingerprint density at radius 1 is 1.08 bits per heavy atom. The van der Waals surface area contributed by atoms with Gasteiger partial charge in [0.25, 0.3) is 0 Å². The molecule has 0 amide bonds. The highest BCUT2D eigenvalue weighted by Gasteiger charge is 2.38. The Morgan fingerprint density at radius 3 is 2.25 bits per heavy atom. The first-order chi connectivity index (χ1) is 5.81. The summed E-state index contributed by atoms with van der Waals surface area (Å²) in [5, 5.41) is 0. The van der Waals surface area contributed by atoms with Gasteiger partial charge in [-0.2, -0.15) is 4.39 Å². The zero-order valence-corrected chi connectivity index (χ0v) is 6.50. The summed E-state index contributed by atoms with van der Waals surface area (Å²) in [5.74, 6) is 0. The normalized spacial score (nSPS) is 21.1. The molecular formula is C9H9FO2. The van der Waals surface area contributed by atoms with Crippen LogP contribution in [0.1, 0.15) is 5.56 Å². The first kappa shape index (κ1) is 7.71. The molecule has 1 aromatic carbocycles. The van der Waals surface area contributed by atoms with Crippen LogP contribution >= 0.6 is 0 Å². The zero-order valence-electron chi connectivity index (χ0n) is 6.50. The Hall–Kier alpha value is -0.930. The largest absolute Gasteiger partial charge is 0.348 e. The molecule has 0 N–H and O–H groups in total. The summed E-state index contributed by atoms with van der Waals surface area (Å²) in [6.45, 7) is 0.622. The minimum atomic E-state index is -2.01. The highest BCUT2D eigenvalue weighted by molar-refractivity contribution is 5.18. The van der Waals surface area contributed by atoms with Gasteiger partial charge in [-0.05, 0) is 0 Å². The summed E-state index contributed by atoms with van der Waals surface area (Å²) in [5.41, 5.74) is 0.419. The second kappa shape index (κ2) is 2.84. The fourth-order valence-corrected chi connectivity index (χ4v) is 1.19. The van der Waals surface area contributed by atoms with Gasteiger partial charge in [-0.15, -0.1) is 0 Å². The maximum atomic E-state index is 13.6. The number of rotatable bonds is 1. The van der Waals surface area contributed by atoms with Gasteiger partial charge in [-0.3, -0.25) is 0 Å².